The summed E-state index contributed by atoms with van der Waals surface area (Å²) in [4.78, 5) is 24.4. The number of carbonyl (C=O) groups excluding carboxylic acids is 2. The van der Waals surface area contributed by atoms with Gasteiger partial charge in [0, 0.05) is 6.54 Å². The van der Waals surface area contributed by atoms with E-state index in [0.29, 0.717) is 4.31 Å². The number of nitrogens with zero attached hydrogens (tertiary/aromatic N) is 1. The van der Waals surface area contributed by atoms with Crippen molar-refractivity contribution in [3.8, 4) is 5.75 Å². The fourth-order valence-corrected chi connectivity index (χ4v) is 4.26. The van der Waals surface area contributed by atoms with E-state index in [4.69, 9.17) is 4.74 Å². The van der Waals surface area contributed by atoms with Gasteiger partial charge in [-0.05, 0) is 43.7 Å². The third kappa shape index (κ3) is 3.95. The number of fused-ring (bicyclic) bond motifs is 1. The number of nitrogens with one attached hydrogen (secondary N) is 1. The summed E-state index contributed by atoms with van der Waals surface area (Å²) in [6, 6.07) is 13.1. The molecule has 0 atom stereocenters. The summed E-state index contributed by atoms with van der Waals surface area (Å²) in [6.45, 7) is 3.53. The van der Waals surface area contributed by atoms with E-state index in [0.717, 1.165) is 11.3 Å². The van der Waals surface area contributed by atoms with E-state index >= 15 is 0 Å². The molecule has 0 aliphatic carbocycles. The highest BCUT2D eigenvalue weighted by molar-refractivity contribution is 7.90. The highest BCUT2D eigenvalue weighted by atomic mass is 32.2. The van der Waals surface area contributed by atoms with Crippen LogP contribution in [-0.2, 0) is 21.4 Å². The first kappa shape index (κ1) is 18.9. The molecule has 0 aromatic heterocycles. The minimum atomic E-state index is -3.98. The van der Waals surface area contributed by atoms with Gasteiger partial charge in [0.1, 0.15) is 17.2 Å². The maximum atomic E-state index is 12.4. The number of rotatable bonds is 6. The van der Waals surface area contributed by atoms with Crippen molar-refractivity contribution in [3.63, 3.8) is 0 Å². The van der Waals surface area contributed by atoms with E-state index in [9.17, 15) is 18.0 Å². The summed E-state index contributed by atoms with van der Waals surface area (Å²) >= 11 is 0. The van der Waals surface area contributed by atoms with Gasteiger partial charge in [-0.1, -0.05) is 24.3 Å². The minimum Gasteiger partial charge on any atom is -0.491 e. The van der Waals surface area contributed by atoms with E-state index in [1.807, 2.05) is 26.0 Å². The molecule has 2 aromatic carbocycles. The molecule has 1 aliphatic rings. The number of amides is 2. The van der Waals surface area contributed by atoms with Crippen LogP contribution in [0.3, 0.4) is 0 Å². The molecule has 0 saturated carbocycles. The van der Waals surface area contributed by atoms with E-state index in [2.05, 4.69) is 5.32 Å². The van der Waals surface area contributed by atoms with Crippen molar-refractivity contribution in [2.75, 3.05) is 6.54 Å². The molecule has 1 heterocycles. The SMILES string of the molecule is CC(C)Oc1ccc(CNC(=O)CN2C(=O)c3ccccc3S2(=O)=O)cc1. The first-order chi connectivity index (χ1) is 12.8. The number of sulfonamides is 1. The zero-order valence-corrected chi connectivity index (χ0v) is 15.8. The molecule has 142 valence electrons. The summed E-state index contributed by atoms with van der Waals surface area (Å²) in [6.07, 6.45) is 0.0691. The third-order valence-electron chi connectivity index (χ3n) is 3.98. The zero-order chi connectivity index (χ0) is 19.6. The Labute approximate surface area is 158 Å². The largest absolute Gasteiger partial charge is 0.491 e. The van der Waals surface area contributed by atoms with Gasteiger partial charge in [-0.3, -0.25) is 9.59 Å². The second kappa shape index (κ2) is 7.40. The smallest absolute Gasteiger partial charge is 0.269 e. The molecule has 7 nitrogen and oxygen atoms in total. The molecule has 0 saturated heterocycles. The van der Waals surface area contributed by atoms with Crippen LogP contribution in [0.25, 0.3) is 0 Å². The predicted molar refractivity (Wildman–Crippen MR) is 98.7 cm³/mol. The lowest BCUT2D eigenvalue weighted by atomic mass is 10.2. The standard InChI is InChI=1S/C19H20N2O5S/c1-13(2)26-15-9-7-14(8-10-15)11-20-18(22)12-21-19(23)16-5-3-4-6-17(16)27(21,24)25/h3-10,13H,11-12H2,1-2H3,(H,20,22). The Bertz CT molecular complexity index is 968. The van der Waals surface area contributed by atoms with Crippen molar-refractivity contribution in [3.05, 3.63) is 59.7 Å². The summed E-state index contributed by atoms with van der Waals surface area (Å²) in [7, 11) is -3.98. The van der Waals surface area contributed by atoms with Crippen molar-refractivity contribution < 1.29 is 22.7 Å². The molecule has 3 rings (SSSR count). The number of hydrogen-bond donors (Lipinski definition) is 1. The number of ether oxygens (including phenoxy) is 1. The van der Waals surface area contributed by atoms with Gasteiger partial charge in [0.15, 0.2) is 0 Å². The molecule has 2 aromatic rings. The Morgan fingerprint density at radius 3 is 2.41 bits per heavy atom. The average Bonchev–Trinajstić information content (AvgIpc) is 2.82. The molecule has 0 spiro atoms. The van der Waals surface area contributed by atoms with E-state index < -0.39 is 28.4 Å². The van der Waals surface area contributed by atoms with E-state index in [-0.39, 0.29) is 23.1 Å². The molecule has 1 N–H and O–H groups in total. The normalized spacial score (nSPS) is 14.9. The Hall–Kier alpha value is -2.87. The molecule has 0 radical (unpaired) electrons. The van der Waals surface area contributed by atoms with Crippen molar-refractivity contribution >= 4 is 21.8 Å². The van der Waals surface area contributed by atoms with Crippen molar-refractivity contribution in [2.24, 2.45) is 0 Å². The van der Waals surface area contributed by atoms with Crippen LogP contribution < -0.4 is 10.1 Å². The lowest BCUT2D eigenvalue weighted by Crippen LogP contribution is -2.40. The molecule has 0 fully saturated rings. The van der Waals surface area contributed by atoms with Gasteiger partial charge in [0.2, 0.25) is 5.91 Å². The van der Waals surface area contributed by atoms with E-state index in [1.165, 1.54) is 12.1 Å². The molecular weight excluding hydrogens is 368 g/mol. The van der Waals surface area contributed by atoms with Gasteiger partial charge < -0.3 is 10.1 Å². The monoisotopic (exact) mass is 388 g/mol. The van der Waals surface area contributed by atoms with Crippen molar-refractivity contribution in [1.29, 1.82) is 0 Å². The van der Waals surface area contributed by atoms with Crippen molar-refractivity contribution in [2.45, 2.75) is 31.4 Å². The van der Waals surface area contributed by atoms with Crippen LogP contribution in [0.15, 0.2) is 53.4 Å². The lowest BCUT2D eigenvalue weighted by Gasteiger charge is -2.15. The van der Waals surface area contributed by atoms with Crippen LogP contribution in [0.2, 0.25) is 0 Å². The maximum Gasteiger partial charge on any atom is 0.269 e. The number of benzene rings is 2. The first-order valence-electron chi connectivity index (χ1n) is 8.47. The predicted octanol–water partition coefficient (Wildman–Crippen LogP) is 1.93. The summed E-state index contributed by atoms with van der Waals surface area (Å²) in [5.74, 6) is -0.509. The van der Waals surface area contributed by atoms with Crippen LogP contribution >= 0.6 is 0 Å². The fourth-order valence-electron chi connectivity index (χ4n) is 2.73. The Morgan fingerprint density at radius 2 is 1.78 bits per heavy atom. The Morgan fingerprint density at radius 1 is 1.11 bits per heavy atom. The molecular formula is C19H20N2O5S. The highest BCUT2D eigenvalue weighted by Crippen LogP contribution is 2.29. The highest BCUT2D eigenvalue weighted by Gasteiger charge is 2.41. The van der Waals surface area contributed by atoms with Gasteiger partial charge in [-0.25, -0.2) is 12.7 Å². The second-order valence-corrected chi connectivity index (χ2v) is 8.23. The third-order valence-corrected chi connectivity index (χ3v) is 5.77. The fraction of sp³-hybridized carbons (Fsp3) is 0.263. The molecule has 1 aliphatic heterocycles. The summed E-state index contributed by atoms with van der Waals surface area (Å²) < 4.78 is 31.0. The number of carbonyl (C=O) groups is 2. The number of hydrogen-bond acceptors (Lipinski definition) is 5. The Balaban J connectivity index is 1.61. The maximum absolute atomic E-state index is 12.4. The molecule has 0 unspecified atom stereocenters. The van der Waals surface area contributed by atoms with Gasteiger partial charge in [-0.2, -0.15) is 0 Å². The topological polar surface area (TPSA) is 92.8 Å². The van der Waals surface area contributed by atoms with Crippen LogP contribution in [0.5, 0.6) is 5.75 Å². The average molecular weight is 388 g/mol. The molecule has 27 heavy (non-hydrogen) atoms. The first-order valence-corrected chi connectivity index (χ1v) is 9.91. The van der Waals surface area contributed by atoms with Crippen LogP contribution in [0.4, 0.5) is 0 Å². The summed E-state index contributed by atoms with van der Waals surface area (Å²) in [5.41, 5.74) is 0.921. The second-order valence-electron chi connectivity index (χ2n) is 6.40. The lowest BCUT2D eigenvalue weighted by molar-refractivity contribution is -0.121. The van der Waals surface area contributed by atoms with Gasteiger partial charge in [0.25, 0.3) is 15.9 Å². The Kier molecular flexibility index (Phi) is 5.18. The van der Waals surface area contributed by atoms with Gasteiger partial charge >= 0.3 is 0 Å². The zero-order valence-electron chi connectivity index (χ0n) is 15.0. The van der Waals surface area contributed by atoms with Gasteiger partial charge in [-0.15, -0.1) is 0 Å². The molecule has 2 amide bonds. The minimum absolute atomic E-state index is 0.0662. The summed E-state index contributed by atoms with van der Waals surface area (Å²) in [5, 5.41) is 2.63. The molecule has 8 heteroatoms. The van der Waals surface area contributed by atoms with Gasteiger partial charge in [0.05, 0.1) is 11.7 Å². The quantitative estimate of drug-likeness (QED) is 0.816. The van der Waals surface area contributed by atoms with Crippen LogP contribution in [0.1, 0.15) is 29.8 Å². The van der Waals surface area contributed by atoms with Crippen LogP contribution in [-0.4, -0.2) is 37.2 Å². The van der Waals surface area contributed by atoms with Crippen molar-refractivity contribution in [1.82, 2.24) is 9.62 Å². The van der Waals surface area contributed by atoms with E-state index in [1.54, 1.807) is 24.3 Å². The molecule has 0 bridgehead atoms. The van der Waals surface area contributed by atoms with Crippen LogP contribution in [0, 0.1) is 0 Å².